The molecule has 2 atom stereocenters. The first-order valence-electron chi connectivity index (χ1n) is 15.4. The Hall–Kier alpha value is -4.20. The van der Waals surface area contributed by atoms with Crippen LogP contribution in [0.4, 0.5) is 0 Å². The normalized spacial score (nSPS) is 21.9. The van der Waals surface area contributed by atoms with Gasteiger partial charge in [-0.1, -0.05) is 79.0 Å². The lowest BCUT2D eigenvalue weighted by Crippen LogP contribution is -2.49. The van der Waals surface area contributed by atoms with Gasteiger partial charge in [0.05, 0.1) is 0 Å². The summed E-state index contributed by atoms with van der Waals surface area (Å²) in [6, 6.07) is 11.3. The van der Waals surface area contributed by atoms with Gasteiger partial charge >= 0.3 is 0 Å². The van der Waals surface area contributed by atoms with Gasteiger partial charge in [-0.25, -0.2) is 0 Å². The van der Waals surface area contributed by atoms with Crippen LogP contribution in [0.3, 0.4) is 0 Å². The SMILES string of the molecule is C=C1CCC(N2Cc3cc(C(C)(C)C)ccc3C2=O)C(=O)N1.C=C1CCC(N2Cc3ccc(C(C)(C)C)cc3C2=O)C(=O)N1. The number of amides is 4. The summed E-state index contributed by atoms with van der Waals surface area (Å²) in [6.45, 7) is 21.5. The first kappa shape index (κ1) is 31.2. The Balaban J connectivity index is 0.000000175. The molecule has 0 aromatic heterocycles. The fourth-order valence-corrected chi connectivity index (χ4v) is 6.22. The van der Waals surface area contributed by atoms with Crippen LogP contribution in [0.5, 0.6) is 0 Å². The summed E-state index contributed by atoms with van der Waals surface area (Å²) in [4.78, 5) is 53.0. The van der Waals surface area contributed by atoms with E-state index in [9.17, 15) is 19.2 Å². The molecule has 0 spiro atoms. The molecule has 2 unspecified atom stereocenters. The number of nitrogens with one attached hydrogen (secondary N) is 2. The van der Waals surface area contributed by atoms with Crippen LogP contribution in [0.15, 0.2) is 61.0 Å². The van der Waals surface area contributed by atoms with E-state index in [1.165, 1.54) is 5.56 Å². The van der Waals surface area contributed by atoms with E-state index < -0.39 is 0 Å². The van der Waals surface area contributed by atoms with Gasteiger partial charge in [-0.2, -0.15) is 0 Å². The lowest BCUT2D eigenvalue weighted by atomic mass is 9.85. The summed E-state index contributed by atoms with van der Waals surface area (Å²) in [5.41, 5.74) is 7.37. The fraction of sp³-hybridized carbons (Fsp3) is 0.444. The minimum Gasteiger partial charge on any atom is -0.329 e. The number of carbonyl (C=O) groups excluding carboxylic acids is 4. The van der Waals surface area contributed by atoms with Crippen molar-refractivity contribution in [2.45, 2.75) is 103 Å². The van der Waals surface area contributed by atoms with Crippen molar-refractivity contribution in [2.75, 3.05) is 0 Å². The van der Waals surface area contributed by atoms with Crippen molar-refractivity contribution in [1.82, 2.24) is 20.4 Å². The Labute approximate surface area is 260 Å². The molecule has 4 aliphatic rings. The Morgan fingerprint density at radius 2 is 1.09 bits per heavy atom. The van der Waals surface area contributed by atoms with E-state index in [0.717, 1.165) is 52.1 Å². The van der Waals surface area contributed by atoms with Crippen LogP contribution in [-0.4, -0.2) is 45.5 Å². The number of allylic oxidation sites excluding steroid dienone is 2. The standard InChI is InChI=1S/2C18H22N2O2/c1-11-5-8-15(16(21)19-11)20-10-12-9-13(18(2,3)4)6-7-14(12)17(20)22;1-11-5-8-15(16(21)19-11)20-10-12-6-7-13(18(2,3)4)9-14(12)17(20)22/h2*6-7,9,15H,1,5,8,10H2,2-4H3,(H,19,21). The van der Waals surface area contributed by atoms with E-state index in [1.54, 1.807) is 9.80 Å². The second-order valence-corrected chi connectivity index (χ2v) is 14.4. The highest BCUT2D eigenvalue weighted by atomic mass is 16.2. The summed E-state index contributed by atoms with van der Waals surface area (Å²) < 4.78 is 0. The second-order valence-electron chi connectivity index (χ2n) is 14.4. The van der Waals surface area contributed by atoms with Gasteiger partial charge in [0.25, 0.3) is 11.8 Å². The largest absolute Gasteiger partial charge is 0.329 e. The lowest BCUT2D eigenvalue weighted by Gasteiger charge is -2.30. The van der Waals surface area contributed by atoms with Crippen LogP contribution in [-0.2, 0) is 33.5 Å². The average molecular weight is 597 g/mol. The van der Waals surface area contributed by atoms with Gasteiger partial charge in [0, 0.05) is 35.6 Å². The number of nitrogens with zero attached hydrogens (tertiary/aromatic N) is 2. The smallest absolute Gasteiger partial charge is 0.255 e. The van der Waals surface area contributed by atoms with E-state index in [1.807, 2.05) is 24.3 Å². The predicted octanol–water partition coefficient (Wildman–Crippen LogP) is 5.46. The topological polar surface area (TPSA) is 98.8 Å². The maximum atomic E-state index is 12.7. The van der Waals surface area contributed by atoms with Gasteiger partial charge in [0.1, 0.15) is 12.1 Å². The van der Waals surface area contributed by atoms with Crippen LogP contribution < -0.4 is 10.6 Å². The molecule has 44 heavy (non-hydrogen) atoms. The van der Waals surface area contributed by atoms with E-state index in [4.69, 9.17) is 0 Å². The predicted molar refractivity (Wildman–Crippen MR) is 171 cm³/mol. The van der Waals surface area contributed by atoms with Crippen molar-refractivity contribution >= 4 is 23.6 Å². The third-order valence-electron chi connectivity index (χ3n) is 9.01. The molecule has 4 amide bonds. The highest BCUT2D eigenvalue weighted by Crippen LogP contribution is 2.33. The first-order valence-corrected chi connectivity index (χ1v) is 15.4. The van der Waals surface area contributed by atoms with E-state index in [0.29, 0.717) is 25.9 Å². The van der Waals surface area contributed by atoms with Gasteiger partial charge < -0.3 is 20.4 Å². The van der Waals surface area contributed by atoms with Crippen molar-refractivity contribution in [2.24, 2.45) is 0 Å². The fourth-order valence-electron chi connectivity index (χ4n) is 6.22. The van der Waals surface area contributed by atoms with Crippen molar-refractivity contribution in [3.8, 4) is 0 Å². The Bertz CT molecular complexity index is 1540. The van der Waals surface area contributed by atoms with E-state index in [2.05, 4.69) is 77.5 Å². The number of hydrogen-bond acceptors (Lipinski definition) is 4. The molecule has 4 heterocycles. The monoisotopic (exact) mass is 596 g/mol. The summed E-state index contributed by atoms with van der Waals surface area (Å²) in [5.74, 6) is -0.307. The number of hydrogen-bond donors (Lipinski definition) is 2. The van der Waals surface area contributed by atoms with Gasteiger partial charge in [-0.05, 0) is 70.9 Å². The molecule has 6 rings (SSSR count). The van der Waals surface area contributed by atoms with E-state index in [-0.39, 0.29) is 46.5 Å². The number of rotatable bonds is 2. The van der Waals surface area contributed by atoms with Crippen LogP contribution in [0, 0.1) is 0 Å². The van der Waals surface area contributed by atoms with Crippen molar-refractivity contribution in [3.63, 3.8) is 0 Å². The molecule has 0 saturated carbocycles. The average Bonchev–Trinajstić information content (AvgIpc) is 3.44. The summed E-state index contributed by atoms with van der Waals surface area (Å²) in [6.07, 6.45) is 2.75. The molecule has 0 bridgehead atoms. The zero-order valence-electron chi connectivity index (χ0n) is 26.8. The minimum atomic E-state index is -0.386. The quantitative estimate of drug-likeness (QED) is 0.481. The van der Waals surface area contributed by atoms with Gasteiger partial charge in [0.2, 0.25) is 11.8 Å². The maximum Gasteiger partial charge on any atom is 0.255 e. The summed E-state index contributed by atoms with van der Waals surface area (Å²) >= 11 is 0. The number of benzene rings is 2. The number of carbonyl (C=O) groups is 4. The van der Waals surface area contributed by atoms with Gasteiger partial charge in [-0.15, -0.1) is 0 Å². The molecule has 4 aliphatic heterocycles. The molecule has 2 saturated heterocycles. The van der Waals surface area contributed by atoms with Crippen molar-refractivity contribution < 1.29 is 19.2 Å². The molecular weight excluding hydrogens is 552 g/mol. The van der Waals surface area contributed by atoms with Crippen LogP contribution in [0.1, 0.15) is 110 Å². The summed E-state index contributed by atoms with van der Waals surface area (Å²) in [7, 11) is 0. The molecule has 2 aromatic carbocycles. The highest BCUT2D eigenvalue weighted by Gasteiger charge is 2.39. The van der Waals surface area contributed by atoms with Crippen molar-refractivity contribution in [1.29, 1.82) is 0 Å². The zero-order chi connectivity index (χ0) is 32.1. The number of fused-ring (bicyclic) bond motifs is 2. The molecule has 232 valence electrons. The Morgan fingerprint density at radius 3 is 1.59 bits per heavy atom. The Kier molecular flexibility index (Phi) is 8.08. The molecular formula is C36H44N4O4. The van der Waals surface area contributed by atoms with Crippen LogP contribution in [0.2, 0.25) is 0 Å². The molecule has 8 heteroatoms. The number of piperidine rings is 2. The third-order valence-corrected chi connectivity index (χ3v) is 9.01. The first-order chi connectivity index (χ1) is 20.5. The lowest BCUT2D eigenvalue weighted by molar-refractivity contribution is -0.127. The van der Waals surface area contributed by atoms with E-state index >= 15 is 0 Å². The molecule has 2 N–H and O–H groups in total. The highest BCUT2D eigenvalue weighted by molar-refractivity contribution is 6.02. The zero-order valence-corrected chi connectivity index (χ0v) is 26.8. The molecule has 2 fully saturated rings. The third kappa shape index (κ3) is 6.07. The molecule has 2 aromatic rings. The molecule has 0 radical (unpaired) electrons. The molecule has 8 nitrogen and oxygen atoms in total. The van der Waals surface area contributed by atoms with Crippen LogP contribution >= 0.6 is 0 Å². The Morgan fingerprint density at radius 1 is 0.636 bits per heavy atom. The second kappa shape index (κ2) is 11.4. The summed E-state index contributed by atoms with van der Waals surface area (Å²) in [5, 5.41) is 5.52. The van der Waals surface area contributed by atoms with Crippen LogP contribution in [0.25, 0.3) is 0 Å². The van der Waals surface area contributed by atoms with Gasteiger partial charge in [0.15, 0.2) is 0 Å². The van der Waals surface area contributed by atoms with Crippen molar-refractivity contribution in [3.05, 3.63) is 94.3 Å². The molecule has 0 aliphatic carbocycles. The maximum absolute atomic E-state index is 12.7. The minimum absolute atomic E-state index is 0.00266. The van der Waals surface area contributed by atoms with Gasteiger partial charge in [-0.3, -0.25) is 19.2 Å².